The van der Waals surface area contributed by atoms with Crippen molar-refractivity contribution in [3.05, 3.63) is 22.9 Å². The van der Waals surface area contributed by atoms with E-state index in [1.807, 2.05) is 0 Å². The van der Waals surface area contributed by atoms with E-state index >= 15 is 0 Å². The Balaban J connectivity index is 2.74. The highest BCUT2D eigenvalue weighted by Gasteiger charge is 2.16. The van der Waals surface area contributed by atoms with E-state index < -0.39 is 4.83 Å². The van der Waals surface area contributed by atoms with E-state index in [2.05, 4.69) is 20.7 Å². The molecular weight excluding hydrogens is 252 g/mol. The summed E-state index contributed by atoms with van der Waals surface area (Å²) in [4.78, 5) is 21.9. The number of carbonyl (C=O) groups is 1. The van der Waals surface area contributed by atoms with Gasteiger partial charge in [0.05, 0.1) is 13.7 Å². The smallest absolute Gasteiger partial charge is 0.327 e. The fraction of sp³-hybridized carbons (Fsp3) is 0.500. The predicted molar refractivity (Wildman–Crippen MR) is 54.4 cm³/mol. The second-order valence-corrected chi connectivity index (χ2v) is 3.94. The molecule has 0 fully saturated rings. The van der Waals surface area contributed by atoms with Gasteiger partial charge in [-0.25, -0.2) is 4.79 Å². The molecule has 78 valence electrons. The van der Waals surface area contributed by atoms with Gasteiger partial charge in [0.1, 0.15) is 4.83 Å². The van der Waals surface area contributed by atoms with Gasteiger partial charge in [-0.15, -0.1) is 0 Å². The maximum Gasteiger partial charge on any atom is 0.327 e. The molecule has 0 aliphatic carbocycles. The molecule has 1 aromatic heterocycles. The van der Waals surface area contributed by atoms with E-state index in [4.69, 9.17) is 0 Å². The lowest BCUT2D eigenvalue weighted by molar-refractivity contribution is -0.140. The molecule has 0 saturated carbocycles. The molecule has 5 nitrogen and oxygen atoms in total. The van der Waals surface area contributed by atoms with Crippen molar-refractivity contribution in [1.29, 1.82) is 0 Å². The zero-order valence-corrected chi connectivity index (χ0v) is 9.52. The lowest BCUT2D eigenvalue weighted by Gasteiger charge is -2.06. The molecule has 0 saturated heterocycles. The van der Waals surface area contributed by atoms with Crippen molar-refractivity contribution in [2.45, 2.75) is 11.4 Å². The summed E-state index contributed by atoms with van der Waals surface area (Å²) in [5, 5.41) is 0. The molecule has 1 aromatic rings. The van der Waals surface area contributed by atoms with Crippen LogP contribution in [0.5, 0.6) is 0 Å². The average Bonchev–Trinajstić information content (AvgIpc) is 2.48. The number of hydrogen-bond acceptors (Lipinski definition) is 3. The first-order valence-electron chi connectivity index (χ1n) is 4.00. The second-order valence-electron chi connectivity index (χ2n) is 2.83. The number of rotatable bonds is 3. The maximum atomic E-state index is 11.4. The van der Waals surface area contributed by atoms with Gasteiger partial charge in [-0.1, -0.05) is 15.9 Å². The Bertz CT molecular complexity index is 382. The molecule has 0 radical (unpaired) electrons. The zero-order chi connectivity index (χ0) is 10.7. The molecule has 14 heavy (non-hydrogen) atoms. The monoisotopic (exact) mass is 262 g/mol. The van der Waals surface area contributed by atoms with Crippen LogP contribution in [0.15, 0.2) is 17.2 Å². The Labute approximate surface area is 89.4 Å². The van der Waals surface area contributed by atoms with Crippen molar-refractivity contribution in [3.8, 4) is 0 Å². The van der Waals surface area contributed by atoms with Crippen LogP contribution in [0.1, 0.15) is 0 Å². The fourth-order valence-corrected chi connectivity index (χ4v) is 1.52. The number of methoxy groups -OCH3 is 1. The molecule has 0 N–H and O–H groups in total. The first-order valence-corrected chi connectivity index (χ1v) is 4.91. The normalized spacial score (nSPS) is 12.5. The van der Waals surface area contributed by atoms with Crippen molar-refractivity contribution in [3.63, 3.8) is 0 Å². The molecule has 0 aromatic carbocycles. The molecule has 0 aliphatic heterocycles. The number of aryl methyl sites for hydroxylation is 1. The number of aromatic nitrogens is 2. The number of imidazole rings is 1. The van der Waals surface area contributed by atoms with Crippen LogP contribution in [0.3, 0.4) is 0 Å². The lowest BCUT2D eigenvalue weighted by Crippen LogP contribution is -2.29. The van der Waals surface area contributed by atoms with Crippen LogP contribution in [0.2, 0.25) is 0 Å². The first kappa shape index (κ1) is 11.0. The van der Waals surface area contributed by atoms with Crippen LogP contribution in [-0.2, 0) is 23.1 Å². The Morgan fingerprint density at radius 2 is 2.29 bits per heavy atom. The van der Waals surface area contributed by atoms with Crippen LogP contribution in [-0.4, -0.2) is 27.0 Å². The van der Waals surface area contributed by atoms with Gasteiger partial charge in [0, 0.05) is 19.4 Å². The summed E-state index contributed by atoms with van der Waals surface area (Å²) in [6, 6.07) is 0. The van der Waals surface area contributed by atoms with Crippen LogP contribution >= 0.6 is 15.9 Å². The molecule has 1 rings (SSSR count). The van der Waals surface area contributed by atoms with Crippen LogP contribution < -0.4 is 5.69 Å². The van der Waals surface area contributed by atoms with Crippen molar-refractivity contribution in [2.75, 3.05) is 7.11 Å². The SMILES string of the molecule is COC(=O)C(Br)Cn1ccn(C)c1=O. The van der Waals surface area contributed by atoms with E-state index in [0.29, 0.717) is 0 Å². The first-order chi connectivity index (χ1) is 6.56. The van der Waals surface area contributed by atoms with E-state index in [-0.39, 0.29) is 18.2 Å². The quantitative estimate of drug-likeness (QED) is 0.575. The summed E-state index contributed by atoms with van der Waals surface area (Å²) in [5.41, 5.74) is -0.154. The minimum atomic E-state index is -0.493. The van der Waals surface area contributed by atoms with E-state index in [0.717, 1.165) is 0 Å². The highest BCUT2D eigenvalue weighted by Crippen LogP contribution is 2.04. The molecule has 1 atom stereocenters. The standard InChI is InChI=1S/C8H11BrN2O3/c1-10-3-4-11(8(10)13)5-6(9)7(12)14-2/h3-4,6H,5H2,1-2H3. The number of hydrogen-bond donors (Lipinski definition) is 0. The van der Waals surface area contributed by atoms with Gasteiger partial charge in [0.15, 0.2) is 0 Å². The van der Waals surface area contributed by atoms with Crippen molar-refractivity contribution < 1.29 is 9.53 Å². The Morgan fingerprint density at radius 1 is 1.64 bits per heavy atom. The molecular formula is C8H11BrN2O3. The minimum absolute atomic E-state index is 0.154. The van der Waals surface area contributed by atoms with Crippen molar-refractivity contribution in [1.82, 2.24) is 9.13 Å². The van der Waals surface area contributed by atoms with Gasteiger partial charge in [0.2, 0.25) is 0 Å². The van der Waals surface area contributed by atoms with Gasteiger partial charge < -0.3 is 9.30 Å². The summed E-state index contributed by atoms with van der Waals surface area (Å²) in [6.07, 6.45) is 3.26. The zero-order valence-electron chi connectivity index (χ0n) is 7.94. The van der Waals surface area contributed by atoms with Crippen LogP contribution in [0, 0.1) is 0 Å². The number of halogens is 1. The largest absolute Gasteiger partial charge is 0.468 e. The van der Waals surface area contributed by atoms with Crippen LogP contribution in [0.4, 0.5) is 0 Å². The van der Waals surface area contributed by atoms with E-state index in [1.165, 1.54) is 16.2 Å². The van der Waals surface area contributed by atoms with Gasteiger partial charge in [-0.3, -0.25) is 9.36 Å². The third-order valence-electron chi connectivity index (χ3n) is 1.83. The number of esters is 1. The molecule has 1 unspecified atom stereocenters. The fourth-order valence-electron chi connectivity index (χ4n) is 1.02. The van der Waals surface area contributed by atoms with Crippen LogP contribution in [0.25, 0.3) is 0 Å². The summed E-state index contributed by atoms with van der Waals surface area (Å²) in [7, 11) is 2.96. The maximum absolute atomic E-state index is 11.4. The summed E-state index contributed by atoms with van der Waals surface area (Å²) in [6.45, 7) is 0.270. The van der Waals surface area contributed by atoms with Gasteiger partial charge >= 0.3 is 11.7 Å². The van der Waals surface area contributed by atoms with E-state index in [9.17, 15) is 9.59 Å². The number of alkyl halides is 1. The van der Waals surface area contributed by atoms with Crippen molar-refractivity contribution >= 4 is 21.9 Å². The van der Waals surface area contributed by atoms with Crippen molar-refractivity contribution in [2.24, 2.45) is 7.05 Å². The summed E-state index contributed by atoms with van der Waals surface area (Å²) >= 11 is 3.14. The highest BCUT2D eigenvalue weighted by molar-refractivity contribution is 9.10. The Kier molecular flexibility index (Phi) is 3.51. The third kappa shape index (κ3) is 2.25. The summed E-state index contributed by atoms with van der Waals surface area (Å²) < 4.78 is 7.41. The molecule has 6 heteroatoms. The lowest BCUT2D eigenvalue weighted by atomic mass is 10.4. The molecule has 0 amide bonds. The predicted octanol–water partition coefficient (Wildman–Crippen LogP) is 0.123. The third-order valence-corrected chi connectivity index (χ3v) is 2.49. The highest BCUT2D eigenvalue weighted by atomic mass is 79.9. The number of carbonyl (C=O) groups excluding carboxylic acids is 1. The number of nitrogens with zero attached hydrogens (tertiary/aromatic N) is 2. The van der Waals surface area contributed by atoms with Gasteiger partial charge in [-0.2, -0.15) is 0 Å². The molecule has 0 spiro atoms. The van der Waals surface area contributed by atoms with Gasteiger partial charge in [0.25, 0.3) is 0 Å². The molecule has 1 heterocycles. The Hall–Kier alpha value is -1.04. The minimum Gasteiger partial charge on any atom is -0.468 e. The molecule has 0 bridgehead atoms. The van der Waals surface area contributed by atoms with E-state index in [1.54, 1.807) is 19.4 Å². The summed E-state index contributed by atoms with van der Waals surface area (Å²) in [5.74, 6) is -0.388. The van der Waals surface area contributed by atoms with Gasteiger partial charge in [-0.05, 0) is 0 Å². The average molecular weight is 263 g/mol. The number of ether oxygens (including phenoxy) is 1. The second kappa shape index (κ2) is 4.45. The molecule has 0 aliphatic rings. The Morgan fingerprint density at radius 3 is 2.71 bits per heavy atom. The topological polar surface area (TPSA) is 53.2 Å².